The minimum atomic E-state index is -2.55. The molecule has 1 aromatic heterocycles. The highest BCUT2D eigenvalue weighted by molar-refractivity contribution is 5.99. The molecular weight excluding hydrogens is 254 g/mol. The molecule has 0 aliphatic rings. The zero-order valence-corrected chi connectivity index (χ0v) is 11.0. The lowest BCUT2D eigenvalue weighted by Crippen LogP contribution is -2.36. The number of halogens is 2. The number of carbonyl (C=O) groups is 1. The molecule has 0 bridgehead atoms. The predicted octanol–water partition coefficient (Wildman–Crippen LogP) is 0.828. The summed E-state index contributed by atoms with van der Waals surface area (Å²) in [7, 11) is 0. The first-order valence-electron chi connectivity index (χ1n) is 5.88. The molecule has 0 atom stereocenters. The molecule has 0 saturated heterocycles. The highest BCUT2D eigenvalue weighted by Crippen LogP contribution is 2.22. The topological polar surface area (TPSA) is 85.2 Å². The molecule has 1 amide bonds. The van der Waals surface area contributed by atoms with Crippen LogP contribution in [0.15, 0.2) is 6.07 Å². The fourth-order valence-electron chi connectivity index (χ4n) is 1.96. The second-order valence-electron chi connectivity index (χ2n) is 4.27. The van der Waals surface area contributed by atoms with Crippen LogP contribution in [0.25, 0.3) is 0 Å². The number of rotatable bonds is 6. The molecule has 0 aliphatic carbocycles. The number of primary amides is 1. The van der Waals surface area contributed by atoms with Crippen LogP contribution in [-0.2, 0) is 0 Å². The van der Waals surface area contributed by atoms with E-state index in [2.05, 4.69) is 4.98 Å². The molecule has 1 rings (SSSR count). The van der Waals surface area contributed by atoms with Crippen molar-refractivity contribution in [3.63, 3.8) is 0 Å². The van der Waals surface area contributed by atoms with Crippen molar-refractivity contribution in [2.45, 2.75) is 20.3 Å². The van der Waals surface area contributed by atoms with Crippen molar-refractivity contribution in [2.75, 3.05) is 24.5 Å². The number of nitrogens with zero attached hydrogens (tertiary/aromatic N) is 2. The summed E-state index contributed by atoms with van der Waals surface area (Å²) in [4.78, 5) is 16.9. The molecule has 0 saturated carbocycles. The molecule has 0 unspecified atom stereocenters. The van der Waals surface area contributed by atoms with Crippen LogP contribution in [0, 0.1) is 13.8 Å². The van der Waals surface area contributed by atoms with E-state index in [9.17, 15) is 13.6 Å². The molecule has 106 valence electrons. The van der Waals surface area contributed by atoms with Crippen LogP contribution in [0.2, 0.25) is 0 Å². The van der Waals surface area contributed by atoms with Gasteiger partial charge in [0, 0.05) is 18.8 Å². The minimum absolute atomic E-state index is 0.166. The molecule has 0 fully saturated rings. The maximum absolute atomic E-state index is 12.6. The summed E-state index contributed by atoms with van der Waals surface area (Å²) in [6, 6.07) is 1.69. The van der Waals surface area contributed by atoms with E-state index in [1.165, 1.54) is 4.90 Å². The Hall–Kier alpha value is -1.76. The van der Waals surface area contributed by atoms with Crippen LogP contribution in [0.3, 0.4) is 0 Å². The summed E-state index contributed by atoms with van der Waals surface area (Å²) in [5.41, 5.74) is 12.1. The van der Waals surface area contributed by atoms with Gasteiger partial charge in [0.25, 0.3) is 12.3 Å². The number of nitrogens with two attached hydrogens (primary N) is 2. The maximum atomic E-state index is 12.6. The summed E-state index contributed by atoms with van der Waals surface area (Å²) in [5, 5.41) is 0. The van der Waals surface area contributed by atoms with Gasteiger partial charge in [-0.05, 0) is 25.5 Å². The van der Waals surface area contributed by atoms with Crippen LogP contribution in [0.5, 0.6) is 0 Å². The lowest BCUT2D eigenvalue weighted by molar-refractivity contribution is 0.0999. The van der Waals surface area contributed by atoms with Crippen molar-refractivity contribution in [3.05, 3.63) is 22.9 Å². The van der Waals surface area contributed by atoms with E-state index in [4.69, 9.17) is 11.5 Å². The first-order chi connectivity index (χ1) is 8.86. The van der Waals surface area contributed by atoms with Crippen LogP contribution >= 0.6 is 0 Å². The van der Waals surface area contributed by atoms with Gasteiger partial charge < -0.3 is 16.4 Å². The quantitative estimate of drug-likeness (QED) is 0.803. The number of pyridine rings is 1. The molecule has 19 heavy (non-hydrogen) atoms. The Morgan fingerprint density at radius 3 is 2.58 bits per heavy atom. The number of carbonyl (C=O) groups excluding carboxylic acids is 1. The van der Waals surface area contributed by atoms with Gasteiger partial charge in [-0.3, -0.25) is 4.79 Å². The lowest BCUT2D eigenvalue weighted by Gasteiger charge is -2.25. The molecule has 0 aliphatic heterocycles. The van der Waals surface area contributed by atoms with Crippen LogP contribution in [-0.4, -0.2) is 37.0 Å². The van der Waals surface area contributed by atoms with Gasteiger partial charge in [0.15, 0.2) is 0 Å². The Morgan fingerprint density at radius 2 is 2.11 bits per heavy atom. The van der Waals surface area contributed by atoms with Gasteiger partial charge in [0.1, 0.15) is 5.82 Å². The summed E-state index contributed by atoms with van der Waals surface area (Å²) < 4.78 is 25.2. The standard InChI is InChI=1S/C12H18F2N4O/c1-7-5-8(2)17-12(10(7)11(16)19)18(4-3-15)6-9(13)14/h5,9H,3-4,6,15H2,1-2H3,(H2,16,19). The molecule has 0 radical (unpaired) electrons. The van der Waals surface area contributed by atoms with Crippen LogP contribution < -0.4 is 16.4 Å². The summed E-state index contributed by atoms with van der Waals surface area (Å²) in [6.45, 7) is 3.25. The van der Waals surface area contributed by atoms with E-state index in [-0.39, 0.29) is 24.5 Å². The number of hydrogen-bond acceptors (Lipinski definition) is 4. The predicted molar refractivity (Wildman–Crippen MR) is 69.5 cm³/mol. The average Bonchev–Trinajstić information content (AvgIpc) is 2.25. The van der Waals surface area contributed by atoms with Crippen molar-refractivity contribution < 1.29 is 13.6 Å². The normalized spacial score (nSPS) is 10.8. The number of alkyl halides is 2. The first kappa shape index (κ1) is 15.3. The summed E-state index contributed by atoms with van der Waals surface area (Å²) >= 11 is 0. The van der Waals surface area contributed by atoms with E-state index in [1.807, 2.05) is 0 Å². The number of hydrogen-bond donors (Lipinski definition) is 2. The van der Waals surface area contributed by atoms with Gasteiger partial charge >= 0.3 is 0 Å². The van der Waals surface area contributed by atoms with Gasteiger partial charge in [-0.1, -0.05) is 0 Å². The number of aromatic nitrogens is 1. The zero-order chi connectivity index (χ0) is 14.6. The van der Waals surface area contributed by atoms with E-state index >= 15 is 0 Å². The van der Waals surface area contributed by atoms with E-state index < -0.39 is 18.9 Å². The van der Waals surface area contributed by atoms with Gasteiger partial charge in [0.05, 0.1) is 12.1 Å². The molecule has 1 aromatic rings. The third-order valence-electron chi connectivity index (χ3n) is 2.63. The third kappa shape index (κ3) is 3.85. The minimum Gasteiger partial charge on any atom is -0.365 e. The van der Waals surface area contributed by atoms with Crippen molar-refractivity contribution >= 4 is 11.7 Å². The monoisotopic (exact) mass is 272 g/mol. The highest BCUT2D eigenvalue weighted by atomic mass is 19.3. The molecule has 0 aromatic carbocycles. The number of anilines is 1. The van der Waals surface area contributed by atoms with Gasteiger partial charge in [-0.15, -0.1) is 0 Å². The summed E-state index contributed by atoms with van der Waals surface area (Å²) in [5.74, 6) is -0.507. The fraction of sp³-hybridized carbons (Fsp3) is 0.500. The van der Waals surface area contributed by atoms with Crippen molar-refractivity contribution in [3.8, 4) is 0 Å². The zero-order valence-electron chi connectivity index (χ0n) is 11.0. The van der Waals surface area contributed by atoms with E-state index in [1.54, 1.807) is 19.9 Å². The molecule has 5 nitrogen and oxygen atoms in total. The maximum Gasteiger partial charge on any atom is 0.255 e. The van der Waals surface area contributed by atoms with Crippen LogP contribution in [0.1, 0.15) is 21.6 Å². The number of aryl methyl sites for hydroxylation is 2. The van der Waals surface area contributed by atoms with E-state index in [0.717, 1.165) is 0 Å². The lowest BCUT2D eigenvalue weighted by atomic mass is 10.1. The van der Waals surface area contributed by atoms with Gasteiger partial charge in [0.2, 0.25) is 0 Å². The molecule has 0 spiro atoms. The second-order valence-corrected chi connectivity index (χ2v) is 4.27. The Bertz CT molecular complexity index is 465. The largest absolute Gasteiger partial charge is 0.365 e. The van der Waals surface area contributed by atoms with Crippen LogP contribution in [0.4, 0.5) is 14.6 Å². The Balaban J connectivity index is 3.30. The highest BCUT2D eigenvalue weighted by Gasteiger charge is 2.21. The Labute approximate surface area is 110 Å². The van der Waals surface area contributed by atoms with Crippen molar-refractivity contribution in [1.82, 2.24) is 4.98 Å². The van der Waals surface area contributed by atoms with Crippen molar-refractivity contribution in [1.29, 1.82) is 0 Å². The molecule has 7 heteroatoms. The molecule has 4 N–H and O–H groups in total. The SMILES string of the molecule is Cc1cc(C)c(C(N)=O)c(N(CCN)CC(F)F)n1. The summed E-state index contributed by atoms with van der Waals surface area (Å²) in [6.07, 6.45) is -2.55. The average molecular weight is 272 g/mol. The fourth-order valence-corrected chi connectivity index (χ4v) is 1.96. The smallest absolute Gasteiger partial charge is 0.255 e. The first-order valence-corrected chi connectivity index (χ1v) is 5.88. The number of amides is 1. The third-order valence-corrected chi connectivity index (χ3v) is 2.63. The van der Waals surface area contributed by atoms with Gasteiger partial charge in [-0.2, -0.15) is 0 Å². The Morgan fingerprint density at radius 1 is 1.47 bits per heavy atom. The second kappa shape index (κ2) is 6.42. The Kier molecular flexibility index (Phi) is 5.17. The molecule has 1 heterocycles. The molecular formula is C12H18F2N4O. The van der Waals surface area contributed by atoms with E-state index in [0.29, 0.717) is 11.3 Å². The van der Waals surface area contributed by atoms with Crippen molar-refractivity contribution in [2.24, 2.45) is 11.5 Å². The van der Waals surface area contributed by atoms with Gasteiger partial charge in [-0.25, -0.2) is 13.8 Å².